The summed E-state index contributed by atoms with van der Waals surface area (Å²) in [6, 6.07) is -15.7. The van der Waals surface area contributed by atoms with E-state index in [0.29, 0.717) is 25.0 Å². The zero-order valence-electron chi connectivity index (χ0n) is 51.6. The Morgan fingerprint density at radius 3 is 1.99 bits per heavy atom. The molecule has 17 N–H and O–H groups in total. The highest BCUT2D eigenvalue weighted by molar-refractivity contribution is 8.77. The van der Waals surface area contributed by atoms with Crippen LogP contribution in [0.5, 0.6) is 0 Å². The van der Waals surface area contributed by atoms with Crippen LogP contribution in [0.4, 0.5) is 0 Å². The maximum Gasteiger partial charge on any atom is 0.327 e. The van der Waals surface area contributed by atoms with Crippen LogP contribution in [0, 0.1) is 17.8 Å². The summed E-state index contributed by atoms with van der Waals surface area (Å²) in [5.74, 6) is -15.2. The van der Waals surface area contributed by atoms with Crippen LogP contribution in [0.1, 0.15) is 98.6 Å². The third-order valence-electron chi connectivity index (χ3n) is 15.3. The Morgan fingerprint density at radius 2 is 1.36 bits per heavy atom. The van der Waals surface area contributed by atoms with E-state index in [-0.39, 0.29) is 80.7 Å². The van der Waals surface area contributed by atoms with E-state index in [4.69, 9.17) is 5.73 Å². The molecule has 0 unspecified atom stereocenters. The summed E-state index contributed by atoms with van der Waals surface area (Å²) >= 11 is 0. The summed E-state index contributed by atoms with van der Waals surface area (Å²) in [7, 11) is 3.55. The number of hydrogen-bond acceptors (Lipinski definition) is 21. The van der Waals surface area contributed by atoms with Gasteiger partial charge in [0.1, 0.15) is 66.5 Å². The summed E-state index contributed by atoms with van der Waals surface area (Å²) in [6.07, 6.45) is 2.35. The number of nitrogens with zero attached hydrogens (tertiary/aromatic N) is 2. The largest absolute Gasteiger partial charge is 0.480 e. The number of nitrogens with one attached hydrogen (secondary N) is 13. The van der Waals surface area contributed by atoms with Gasteiger partial charge in [0.25, 0.3) is 0 Å². The molecule has 5 heterocycles. The molecule has 13 amide bonds. The highest BCUT2D eigenvalue weighted by Crippen LogP contribution is 2.27. The maximum atomic E-state index is 14.9. The van der Waals surface area contributed by atoms with Crippen molar-refractivity contribution in [3.05, 3.63) is 18.2 Å². The van der Waals surface area contributed by atoms with Gasteiger partial charge in [0, 0.05) is 54.3 Å². The number of aliphatic hydroxyl groups excluding tert-OH is 1. The molecular formula is C55H86N16O16S4. The molecule has 0 spiro atoms. The summed E-state index contributed by atoms with van der Waals surface area (Å²) in [5, 5.41) is 52.7. The van der Waals surface area contributed by atoms with Gasteiger partial charge in [0.05, 0.1) is 25.5 Å². The van der Waals surface area contributed by atoms with Gasteiger partial charge in [0.15, 0.2) is 0 Å². The number of aliphatic hydroxyl groups is 1. The van der Waals surface area contributed by atoms with Crippen LogP contribution in [0.25, 0.3) is 0 Å². The molecule has 32 nitrogen and oxygen atoms in total. The van der Waals surface area contributed by atoms with E-state index in [0.717, 1.165) is 48.1 Å². The number of carboxylic acids is 1. The molecule has 4 aliphatic rings. The van der Waals surface area contributed by atoms with E-state index in [9.17, 15) is 77.3 Å². The number of carbonyl (C=O) groups excluding carboxylic acids is 13. The topological polar surface area (TPSA) is 482 Å². The number of rotatable bonds is 18. The van der Waals surface area contributed by atoms with E-state index >= 15 is 0 Å². The first kappa shape index (κ1) is 74.8. The molecule has 2 bridgehead atoms. The minimum atomic E-state index is -1.69. The predicted octanol–water partition coefficient (Wildman–Crippen LogP) is -4.46. The monoisotopic (exact) mass is 1350 g/mol. The Bertz CT molecular complexity index is 2770. The molecule has 1 aromatic heterocycles. The summed E-state index contributed by atoms with van der Waals surface area (Å²) in [6.45, 7) is 8.87. The molecular weight excluding hydrogens is 1270 g/mol. The van der Waals surface area contributed by atoms with Crippen molar-refractivity contribution >= 4 is 126 Å². The van der Waals surface area contributed by atoms with Crippen molar-refractivity contribution in [1.82, 2.24) is 78.7 Å². The van der Waals surface area contributed by atoms with E-state index in [2.05, 4.69) is 73.8 Å². The summed E-state index contributed by atoms with van der Waals surface area (Å²) in [4.78, 5) is 203. The van der Waals surface area contributed by atoms with E-state index in [1.165, 1.54) is 12.5 Å². The second-order valence-corrected chi connectivity index (χ2v) is 28.4. The number of aromatic nitrogens is 2. The highest BCUT2D eigenvalue weighted by Gasteiger charge is 2.45. The number of hydrogen-bond donors (Lipinski definition) is 16. The number of carbonyl (C=O) groups is 14. The number of carboxylic acid groups (broad SMARTS) is 1. The second-order valence-electron chi connectivity index (χ2n) is 23.2. The SMILES string of the molecule is CC[C@H](C)[C@@H]1NC(=O)CNC(=O)[C@@H]2CSSC[C@H](NC(=O)[C@H](CC(C)C)NC(=O)[C@H](CCCCN)NC1=O)C(=O)N[C@@H](Cc1cnc[nH]1)C(=O)N1CC[C@H](O)[C@H]1C(=O)N[C@H](C(=O)O)CSSC[C@H](NC(=O)[C@@H](NC(=O)CNC(=O)[C@@H]1CCC(=O)N1)C(C)C)C(=O)N2. The van der Waals surface area contributed by atoms with Crippen LogP contribution < -0.4 is 69.5 Å². The van der Waals surface area contributed by atoms with Gasteiger partial charge in [-0.3, -0.25) is 62.3 Å². The number of H-pyrrole nitrogens is 1. The Balaban J connectivity index is 1.59. The number of imidazole rings is 1. The Hall–Kier alpha value is -6.89. The van der Waals surface area contributed by atoms with Crippen molar-refractivity contribution in [2.24, 2.45) is 23.5 Å². The van der Waals surface area contributed by atoms with Gasteiger partial charge in [-0.1, -0.05) is 91.1 Å². The zero-order valence-corrected chi connectivity index (χ0v) is 54.8. The van der Waals surface area contributed by atoms with Crippen molar-refractivity contribution in [2.75, 3.05) is 49.2 Å². The van der Waals surface area contributed by atoms with Crippen molar-refractivity contribution in [1.29, 1.82) is 0 Å². The first-order chi connectivity index (χ1) is 43.2. The van der Waals surface area contributed by atoms with Gasteiger partial charge >= 0.3 is 5.97 Å². The van der Waals surface area contributed by atoms with Crippen LogP contribution in [-0.4, -0.2) is 230 Å². The smallest absolute Gasteiger partial charge is 0.327 e. The van der Waals surface area contributed by atoms with E-state index in [1.54, 1.807) is 41.5 Å². The lowest BCUT2D eigenvalue weighted by molar-refractivity contribution is -0.146. The molecule has 0 radical (unpaired) electrons. The van der Waals surface area contributed by atoms with Gasteiger partial charge in [0.2, 0.25) is 76.8 Å². The molecule has 1 aromatic rings. The van der Waals surface area contributed by atoms with Gasteiger partial charge in [-0.25, -0.2) is 9.78 Å². The molecule has 506 valence electrons. The average Bonchev–Trinajstić information content (AvgIpc) is 1.79. The van der Waals surface area contributed by atoms with Crippen LogP contribution in [-0.2, 0) is 73.5 Å². The predicted molar refractivity (Wildman–Crippen MR) is 337 cm³/mol. The fourth-order valence-corrected chi connectivity index (χ4v) is 14.6. The third kappa shape index (κ3) is 23.3. The van der Waals surface area contributed by atoms with Crippen LogP contribution in [0.3, 0.4) is 0 Å². The lowest BCUT2D eigenvalue weighted by Crippen LogP contribution is -2.61. The Labute approximate surface area is 542 Å². The number of nitrogens with two attached hydrogens (primary N) is 1. The standard InChI is InChI=1S/C55H86N16O16S4/c1-7-28(6)43-52(83)62-30(10-8-9-14-56)47(78)63-32(16-26(2)3)48(79)66-35-22-89-88-21-34(46(77)59-20-41(75)70-43)65-50(81)36(67-51(82)42(27(4)5)69-40(74)19-58-45(76)31-11-12-39(73)61-31)23-90-91-24-37(55(86)87)68-53(84)44-38(72)13-15-71(44)54(85)33(64-49(35)80)17-29-18-57-25-60-29/h18,25-28,30-38,42-44,72H,7-17,19-24,56H2,1-6H3,(H,57,60)(H,58,76)(H,59,77)(H,61,73)(H,62,83)(H,63,78)(H,64,80)(H,65,81)(H,66,79)(H,67,82)(H,68,84)(H,69,74)(H,70,75)(H,86,87)/t28-,30-,31-,32-,33-,34-,35-,36-,37-,38-,42-,43-,44-/m0/s1. The first-order valence-electron chi connectivity index (χ1n) is 30.1. The van der Waals surface area contributed by atoms with E-state index in [1.807, 2.05) is 0 Å². The molecule has 4 saturated heterocycles. The van der Waals surface area contributed by atoms with Crippen molar-refractivity contribution in [2.45, 2.75) is 172 Å². The molecule has 0 aliphatic carbocycles. The number of amides is 13. The average molecular weight is 1360 g/mol. The van der Waals surface area contributed by atoms with Crippen LogP contribution >= 0.6 is 43.2 Å². The number of fused-ring (bicyclic) bond motifs is 6. The summed E-state index contributed by atoms with van der Waals surface area (Å²) in [5.41, 5.74) is 6.13. The molecule has 4 aliphatic heterocycles. The van der Waals surface area contributed by atoms with Crippen molar-refractivity contribution in [3.63, 3.8) is 0 Å². The Morgan fingerprint density at radius 1 is 0.714 bits per heavy atom. The first-order valence-corrected chi connectivity index (χ1v) is 35.1. The minimum absolute atomic E-state index is 0.0120. The molecule has 36 heteroatoms. The number of unbranched alkanes of at least 4 members (excludes halogenated alkanes) is 1. The molecule has 0 aromatic carbocycles. The van der Waals surface area contributed by atoms with Crippen molar-refractivity contribution < 1.29 is 77.3 Å². The number of aromatic amines is 1. The Kier molecular flexibility index (Phi) is 30.4. The van der Waals surface area contributed by atoms with Gasteiger partial charge in [-0.05, 0) is 62.8 Å². The molecule has 91 heavy (non-hydrogen) atoms. The lowest BCUT2D eigenvalue weighted by atomic mass is 9.97. The fourth-order valence-electron chi connectivity index (χ4n) is 9.96. The normalized spacial score (nSPS) is 27.5. The van der Waals surface area contributed by atoms with Crippen molar-refractivity contribution in [3.8, 4) is 0 Å². The fraction of sp³-hybridized carbons (Fsp3) is 0.691. The maximum absolute atomic E-state index is 14.9. The lowest BCUT2D eigenvalue weighted by Gasteiger charge is -2.31. The highest BCUT2D eigenvalue weighted by atomic mass is 33.1. The van der Waals surface area contributed by atoms with Gasteiger partial charge in [-0.15, -0.1) is 0 Å². The molecule has 0 saturated carbocycles. The summed E-state index contributed by atoms with van der Waals surface area (Å²) < 4.78 is 0. The zero-order chi connectivity index (χ0) is 67.1. The van der Waals surface area contributed by atoms with E-state index < -0.39 is 180 Å². The third-order valence-corrected chi connectivity index (χ3v) is 20.1. The molecule has 4 fully saturated rings. The molecule has 5 rings (SSSR count). The minimum Gasteiger partial charge on any atom is -0.480 e. The number of aliphatic carboxylic acids is 1. The van der Waals surface area contributed by atoms with Crippen LogP contribution in [0.15, 0.2) is 12.5 Å². The molecule has 13 atom stereocenters. The second kappa shape index (κ2) is 37.0. The van der Waals surface area contributed by atoms with Gasteiger partial charge in [-0.2, -0.15) is 0 Å². The quantitative estimate of drug-likeness (QED) is 0.0487. The van der Waals surface area contributed by atoms with Gasteiger partial charge < -0.3 is 89.6 Å². The van der Waals surface area contributed by atoms with Crippen LogP contribution in [0.2, 0.25) is 0 Å².